The predicted molar refractivity (Wildman–Crippen MR) is 68.7 cm³/mol. The van der Waals surface area contributed by atoms with E-state index in [0.717, 1.165) is 19.3 Å². The monoisotopic (exact) mass is 251 g/mol. The van der Waals surface area contributed by atoms with Gasteiger partial charge >= 0.3 is 5.69 Å². The molecule has 1 aliphatic carbocycles. The van der Waals surface area contributed by atoms with Gasteiger partial charge in [0.05, 0.1) is 4.92 Å². The molecule has 0 amide bonds. The fourth-order valence-electron chi connectivity index (χ4n) is 2.03. The third-order valence-corrected chi connectivity index (χ3v) is 3.09. The first kappa shape index (κ1) is 12.5. The van der Waals surface area contributed by atoms with E-state index in [0.29, 0.717) is 23.7 Å². The molecule has 98 valence electrons. The molecule has 0 bridgehead atoms. The van der Waals surface area contributed by atoms with E-state index in [2.05, 4.69) is 27.5 Å². The van der Waals surface area contributed by atoms with Gasteiger partial charge in [0.15, 0.2) is 0 Å². The van der Waals surface area contributed by atoms with Crippen LogP contribution in [-0.4, -0.2) is 28.0 Å². The molecule has 1 heterocycles. The summed E-state index contributed by atoms with van der Waals surface area (Å²) >= 11 is 0. The van der Waals surface area contributed by atoms with Gasteiger partial charge < -0.3 is 10.6 Å². The van der Waals surface area contributed by atoms with Crippen molar-refractivity contribution < 1.29 is 4.92 Å². The van der Waals surface area contributed by atoms with Crippen molar-refractivity contribution in [3.63, 3.8) is 0 Å². The van der Waals surface area contributed by atoms with Crippen molar-refractivity contribution in [3.05, 3.63) is 16.3 Å². The SMILES string of the molecule is CCCC1CC1Nc1nc(NC)ncc1[N+](=O)[O-]. The third-order valence-electron chi connectivity index (χ3n) is 3.09. The van der Waals surface area contributed by atoms with Crippen LogP contribution in [0.15, 0.2) is 6.20 Å². The number of nitrogens with one attached hydrogen (secondary N) is 2. The van der Waals surface area contributed by atoms with Crippen LogP contribution in [0.25, 0.3) is 0 Å². The first-order chi connectivity index (χ1) is 8.65. The Kier molecular flexibility index (Phi) is 3.59. The lowest BCUT2D eigenvalue weighted by molar-refractivity contribution is -0.384. The molecular weight excluding hydrogens is 234 g/mol. The fraction of sp³-hybridized carbons (Fsp3) is 0.636. The van der Waals surface area contributed by atoms with E-state index < -0.39 is 4.92 Å². The summed E-state index contributed by atoms with van der Waals surface area (Å²) in [5.74, 6) is 1.31. The van der Waals surface area contributed by atoms with E-state index >= 15 is 0 Å². The maximum Gasteiger partial charge on any atom is 0.329 e. The van der Waals surface area contributed by atoms with Gasteiger partial charge in [-0.1, -0.05) is 13.3 Å². The van der Waals surface area contributed by atoms with Crippen molar-refractivity contribution >= 4 is 17.5 Å². The van der Waals surface area contributed by atoms with Crippen LogP contribution in [0.2, 0.25) is 0 Å². The molecule has 2 atom stereocenters. The van der Waals surface area contributed by atoms with Crippen LogP contribution in [0.3, 0.4) is 0 Å². The van der Waals surface area contributed by atoms with Crippen LogP contribution in [0.4, 0.5) is 17.5 Å². The molecule has 0 spiro atoms. The molecule has 2 rings (SSSR count). The fourth-order valence-corrected chi connectivity index (χ4v) is 2.03. The molecule has 2 N–H and O–H groups in total. The molecular formula is C11H17N5O2. The molecule has 18 heavy (non-hydrogen) atoms. The molecule has 7 nitrogen and oxygen atoms in total. The average Bonchev–Trinajstić information content (AvgIpc) is 3.07. The maximum absolute atomic E-state index is 10.9. The van der Waals surface area contributed by atoms with Gasteiger partial charge in [0.25, 0.3) is 0 Å². The normalized spacial score (nSPS) is 21.4. The lowest BCUT2D eigenvalue weighted by atomic mass is 10.2. The van der Waals surface area contributed by atoms with Crippen molar-refractivity contribution in [2.75, 3.05) is 17.7 Å². The van der Waals surface area contributed by atoms with Gasteiger partial charge in [0.1, 0.15) is 6.20 Å². The zero-order chi connectivity index (χ0) is 13.1. The lowest BCUT2D eigenvalue weighted by Gasteiger charge is -2.06. The Morgan fingerprint density at radius 2 is 2.39 bits per heavy atom. The summed E-state index contributed by atoms with van der Waals surface area (Å²) in [7, 11) is 1.68. The van der Waals surface area contributed by atoms with Crippen LogP contribution in [0.1, 0.15) is 26.2 Å². The van der Waals surface area contributed by atoms with Gasteiger partial charge in [-0.25, -0.2) is 4.98 Å². The second-order valence-electron chi connectivity index (χ2n) is 4.47. The molecule has 7 heteroatoms. The summed E-state index contributed by atoms with van der Waals surface area (Å²) < 4.78 is 0. The maximum atomic E-state index is 10.9. The zero-order valence-electron chi connectivity index (χ0n) is 10.5. The lowest BCUT2D eigenvalue weighted by Crippen LogP contribution is -2.10. The van der Waals surface area contributed by atoms with Crippen molar-refractivity contribution in [1.82, 2.24) is 9.97 Å². The highest BCUT2D eigenvalue weighted by atomic mass is 16.6. The van der Waals surface area contributed by atoms with Crippen LogP contribution >= 0.6 is 0 Å². The number of hydrogen-bond acceptors (Lipinski definition) is 6. The third kappa shape index (κ3) is 2.66. The predicted octanol–water partition coefficient (Wildman–Crippen LogP) is 2.03. The molecule has 0 aromatic carbocycles. The molecule has 1 aliphatic rings. The van der Waals surface area contributed by atoms with Gasteiger partial charge in [-0.2, -0.15) is 4.98 Å². The van der Waals surface area contributed by atoms with Gasteiger partial charge in [0.2, 0.25) is 11.8 Å². The second-order valence-corrected chi connectivity index (χ2v) is 4.47. The topological polar surface area (TPSA) is 93.0 Å². The molecule has 1 aromatic rings. The van der Waals surface area contributed by atoms with E-state index in [1.807, 2.05) is 0 Å². The summed E-state index contributed by atoms with van der Waals surface area (Å²) in [4.78, 5) is 18.4. The Morgan fingerprint density at radius 3 is 3.00 bits per heavy atom. The molecule has 0 saturated heterocycles. The van der Waals surface area contributed by atoms with Crippen LogP contribution < -0.4 is 10.6 Å². The van der Waals surface area contributed by atoms with Crippen molar-refractivity contribution in [3.8, 4) is 0 Å². The number of aromatic nitrogens is 2. The van der Waals surface area contributed by atoms with Crippen molar-refractivity contribution in [2.24, 2.45) is 5.92 Å². The summed E-state index contributed by atoms with van der Waals surface area (Å²) in [6, 6.07) is 0.309. The Hall–Kier alpha value is -1.92. The number of nitro groups is 1. The first-order valence-corrected chi connectivity index (χ1v) is 6.11. The van der Waals surface area contributed by atoms with Crippen molar-refractivity contribution in [2.45, 2.75) is 32.2 Å². The van der Waals surface area contributed by atoms with E-state index in [1.165, 1.54) is 6.20 Å². The van der Waals surface area contributed by atoms with Gasteiger partial charge in [-0.3, -0.25) is 10.1 Å². The van der Waals surface area contributed by atoms with Crippen LogP contribution in [0.5, 0.6) is 0 Å². The Bertz CT molecular complexity index is 451. The minimum atomic E-state index is -0.459. The largest absolute Gasteiger partial charge is 0.361 e. The molecule has 1 aromatic heterocycles. The highest BCUT2D eigenvalue weighted by molar-refractivity contribution is 5.58. The van der Waals surface area contributed by atoms with E-state index in [1.54, 1.807) is 7.05 Å². The quantitative estimate of drug-likeness (QED) is 0.593. The van der Waals surface area contributed by atoms with Gasteiger partial charge in [-0.15, -0.1) is 0 Å². The Morgan fingerprint density at radius 1 is 1.61 bits per heavy atom. The minimum absolute atomic E-state index is 0.0730. The van der Waals surface area contributed by atoms with E-state index in [4.69, 9.17) is 0 Å². The summed E-state index contributed by atoms with van der Waals surface area (Å²) in [5, 5.41) is 16.8. The summed E-state index contributed by atoms with van der Waals surface area (Å²) in [5.41, 5.74) is -0.0730. The Labute approximate surface area is 105 Å². The standard InChI is InChI=1S/C11H17N5O2/c1-3-4-7-5-8(7)14-10-9(16(17)18)6-13-11(12-2)15-10/h6-8H,3-5H2,1-2H3,(H2,12,13,14,15). The molecule has 0 radical (unpaired) electrons. The minimum Gasteiger partial charge on any atom is -0.361 e. The molecule has 1 saturated carbocycles. The van der Waals surface area contributed by atoms with E-state index in [-0.39, 0.29) is 5.69 Å². The Balaban J connectivity index is 2.12. The highest BCUT2D eigenvalue weighted by Crippen LogP contribution is 2.38. The second kappa shape index (κ2) is 5.16. The summed E-state index contributed by atoms with van der Waals surface area (Å²) in [6.45, 7) is 2.14. The average molecular weight is 251 g/mol. The van der Waals surface area contributed by atoms with Crippen LogP contribution in [0, 0.1) is 16.0 Å². The smallest absolute Gasteiger partial charge is 0.329 e. The summed E-state index contributed by atoms with van der Waals surface area (Å²) in [6.07, 6.45) is 4.58. The number of rotatable bonds is 6. The number of hydrogen-bond donors (Lipinski definition) is 2. The van der Waals surface area contributed by atoms with E-state index in [9.17, 15) is 10.1 Å². The molecule has 0 aliphatic heterocycles. The molecule has 2 unspecified atom stereocenters. The number of anilines is 2. The highest BCUT2D eigenvalue weighted by Gasteiger charge is 2.37. The first-order valence-electron chi connectivity index (χ1n) is 6.11. The zero-order valence-corrected chi connectivity index (χ0v) is 10.5. The van der Waals surface area contributed by atoms with Gasteiger partial charge in [-0.05, 0) is 18.8 Å². The molecule has 1 fully saturated rings. The number of nitrogens with zero attached hydrogens (tertiary/aromatic N) is 3. The van der Waals surface area contributed by atoms with Crippen LogP contribution in [-0.2, 0) is 0 Å². The van der Waals surface area contributed by atoms with Crippen molar-refractivity contribution in [1.29, 1.82) is 0 Å². The van der Waals surface area contributed by atoms with Gasteiger partial charge in [0, 0.05) is 13.1 Å².